The third kappa shape index (κ3) is 2.70. The van der Waals surface area contributed by atoms with Crippen LogP contribution in [-0.4, -0.2) is 11.5 Å². The van der Waals surface area contributed by atoms with Crippen LogP contribution in [0.15, 0.2) is 54.9 Å². The molecular weight excluding hydrogens is 280 g/mol. The maximum atomic E-state index is 4.60. The fraction of sp³-hybridized carbons (Fsp3) is 0.286. The molecule has 2 heterocycles. The zero-order chi connectivity index (χ0) is 15.8. The van der Waals surface area contributed by atoms with Crippen LogP contribution in [0, 0.1) is 13.8 Å². The van der Waals surface area contributed by atoms with E-state index in [2.05, 4.69) is 60.6 Å². The molecule has 2 nitrogen and oxygen atoms in total. The second-order valence-electron chi connectivity index (χ2n) is 6.57. The Morgan fingerprint density at radius 2 is 2.00 bits per heavy atom. The van der Waals surface area contributed by atoms with Crippen LogP contribution in [0.3, 0.4) is 0 Å². The SMILES string of the molecule is Cc1cc(C2CC2c2ncccc2C)ccc1C1=CC[N-]C=C1. The molecule has 0 N–H and O–H groups in total. The molecule has 2 unspecified atom stereocenters. The fourth-order valence-electron chi connectivity index (χ4n) is 3.61. The molecule has 2 heteroatoms. The molecule has 1 aliphatic carbocycles. The van der Waals surface area contributed by atoms with Crippen molar-refractivity contribution in [2.75, 3.05) is 6.54 Å². The van der Waals surface area contributed by atoms with Gasteiger partial charge in [-0.1, -0.05) is 36.4 Å². The average Bonchev–Trinajstić information content (AvgIpc) is 3.36. The van der Waals surface area contributed by atoms with Crippen LogP contribution in [-0.2, 0) is 0 Å². The van der Waals surface area contributed by atoms with Crippen molar-refractivity contribution in [3.63, 3.8) is 0 Å². The summed E-state index contributed by atoms with van der Waals surface area (Å²) in [5.41, 5.74) is 8.01. The van der Waals surface area contributed by atoms with E-state index in [1.165, 1.54) is 39.9 Å². The van der Waals surface area contributed by atoms with E-state index in [9.17, 15) is 0 Å². The van der Waals surface area contributed by atoms with Crippen LogP contribution in [0.25, 0.3) is 10.9 Å². The lowest BCUT2D eigenvalue weighted by Gasteiger charge is -2.19. The van der Waals surface area contributed by atoms with Crippen molar-refractivity contribution in [3.05, 3.63) is 88.1 Å². The van der Waals surface area contributed by atoms with E-state index in [0.717, 1.165) is 6.54 Å². The molecule has 1 saturated carbocycles. The first kappa shape index (κ1) is 14.3. The Labute approximate surface area is 138 Å². The minimum absolute atomic E-state index is 0.592. The minimum atomic E-state index is 0.592. The van der Waals surface area contributed by atoms with Crippen LogP contribution >= 0.6 is 0 Å². The largest absolute Gasteiger partial charge is 0.687 e. The van der Waals surface area contributed by atoms with Crippen LogP contribution < -0.4 is 0 Å². The summed E-state index contributed by atoms with van der Waals surface area (Å²) in [6.07, 6.45) is 9.34. The van der Waals surface area contributed by atoms with E-state index in [4.69, 9.17) is 0 Å². The molecule has 116 valence electrons. The van der Waals surface area contributed by atoms with Gasteiger partial charge in [-0.15, -0.1) is 6.54 Å². The Hall–Kier alpha value is -2.35. The molecule has 4 rings (SSSR count). The second kappa shape index (κ2) is 5.69. The van der Waals surface area contributed by atoms with Crippen LogP contribution in [0.5, 0.6) is 0 Å². The highest BCUT2D eigenvalue weighted by molar-refractivity contribution is 5.78. The van der Waals surface area contributed by atoms with Crippen molar-refractivity contribution in [2.24, 2.45) is 0 Å². The molecule has 2 aliphatic rings. The first-order valence-corrected chi connectivity index (χ1v) is 8.30. The first-order chi connectivity index (χ1) is 11.2. The van der Waals surface area contributed by atoms with Gasteiger partial charge in [0.15, 0.2) is 0 Å². The Bertz CT molecular complexity index is 801. The van der Waals surface area contributed by atoms with Crippen LogP contribution in [0.4, 0.5) is 0 Å². The molecule has 0 saturated heterocycles. The highest BCUT2D eigenvalue weighted by Crippen LogP contribution is 2.54. The van der Waals surface area contributed by atoms with Gasteiger partial charge in [-0.05, 0) is 60.1 Å². The maximum Gasteiger partial charge on any atom is 0.0469 e. The van der Waals surface area contributed by atoms with Crippen LogP contribution in [0.1, 0.15) is 46.2 Å². The van der Waals surface area contributed by atoms with E-state index < -0.39 is 0 Å². The summed E-state index contributed by atoms with van der Waals surface area (Å²) in [4.78, 5) is 4.60. The monoisotopic (exact) mass is 301 g/mol. The standard InChI is InChI=1S/C21H21N2/c1-14-4-3-9-23-21(14)20-13-19(20)17-5-6-18(15(2)12-17)16-7-10-22-11-8-16/h3-10,12,19-20H,11,13H2,1-2H3/q-1. The smallest absolute Gasteiger partial charge is 0.0469 e. The number of hydrogen-bond donors (Lipinski definition) is 0. The Morgan fingerprint density at radius 3 is 2.74 bits per heavy atom. The number of rotatable bonds is 3. The summed E-state index contributed by atoms with van der Waals surface area (Å²) in [5, 5.41) is 4.23. The zero-order valence-electron chi connectivity index (χ0n) is 13.7. The van der Waals surface area contributed by atoms with Gasteiger partial charge in [0.25, 0.3) is 0 Å². The molecule has 23 heavy (non-hydrogen) atoms. The lowest BCUT2D eigenvalue weighted by Crippen LogP contribution is -1.95. The van der Waals surface area contributed by atoms with Crippen molar-refractivity contribution in [3.8, 4) is 0 Å². The summed E-state index contributed by atoms with van der Waals surface area (Å²) >= 11 is 0. The number of benzene rings is 1. The van der Waals surface area contributed by atoms with Gasteiger partial charge in [-0.2, -0.15) is 6.20 Å². The normalized spacial score (nSPS) is 22.4. The third-order valence-corrected chi connectivity index (χ3v) is 4.96. The number of pyridine rings is 1. The van der Waals surface area contributed by atoms with E-state index in [-0.39, 0.29) is 0 Å². The predicted molar refractivity (Wildman–Crippen MR) is 95.6 cm³/mol. The van der Waals surface area contributed by atoms with E-state index in [1.807, 2.05) is 18.5 Å². The van der Waals surface area contributed by atoms with Gasteiger partial charge in [-0.3, -0.25) is 4.98 Å². The molecule has 0 bridgehead atoms. The molecular formula is C21H21N2-. The molecule has 0 amide bonds. The second-order valence-corrected chi connectivity index (χ2v) is 6.57. The molecule has 1 fully saturated rings. The van der Waals surface area contributed by atoms with Crippen molar-refractivity contribution >= 4 is 5.57 Å². The first-order valence-electron chi connectivity index (χ1n) is 8.30. The van der Waals surface area contributed by atoms with Gasteiger partial charge >= 0.3 is 0 Å². The molecule has 1 aliphatic heterocycles. The van der Waals surface area contributed by atoms with Gasteiger partial charge in [-0.25, -0.2) is 0 Å². The number of nitrogens with zero attached hydrogens (tertiary/aromatic N) is 2. The zero-order valence-corrected chi connectivity index (χ0v) is 13.7. The van der Waals surface area contributed by atoms with Crippen molar-refractivity contribution in [1.82, 2.24) is 4.98 Å². The van der Waals surface area contributed by atoms with E-state index >= 15 is 0 Å². The van der Waals surface area contributed by atoms with Crippen molar-refractivity contribution in [1.29, 1.82) is 0 Å². The topological polar surface area (TPSA) is 27.0 Å². The highest BCUT2D eigenvalue weighted by atomic mass is 14.8. The van der Waals surface area contributed by atoms with Crippen LogP contribution in [0.2, 0.25) is 0 Å². The molecule has 1 aromatic heterocycles. The lowest BCUT2D eigenvalue weighted by molar-refractivity contribution is 0.947. The van der Waals surface area contributed by atoms with E-state index in [1.54, 1.807) is 0 Å². The van der Waals surface area contributed by atoms with Gasteiger partial charge in [0, 0.05) is 17.8 Å². The summed E-state index contributed by atoms with van der Waals surface area (Å²) in [6.45, 7) is 5.17. The Kier molecular flexibility index (Phi) is 3.53. The summed E-state index contributed by atoms with van der Waals surface area (Å²) in [7, 11) is 0. The molecule has 0 spiro atoms. The average molecular weight is 301 g/mol. The molecule has 2 atom stereocenters. The summed E-state index contributed by atoms with van der Waals surface area (Å²) < 4.78 is 0. The van der Waals surface area contributed by atoms with E-state index in [0.29, 0.717) is 11.8 Å². The third-order valence-electron chi connectivity index (χ3n) is 4.96. The minimum Gasteiger partial charge on any atom is -0.687 e. The van der Waals surface area contributed by atoms with Crippen molar-refractivity contribution in [2.45, 2.75) is 32.1 Å². The Balaban J connectivity index is 1.58. The fourth-order valence-corrected chi connectivity index (χ4v) is 3.61. The Morgan fingerprint density at radius 1 is 1.09 bits per heavy atom. The van der Waals surface area contributed by atoms with Gasteiger partial charge < -0.3 is 5.32 Å². The lowest BCUT2D eigenvalue weighted by atomic mass is 9.95. The predicted octanol–water partition coefficient (Wildman–Crippen LogP) is 5.25. The molecule has 0 radical (unpaired) electrons. The molecule has 2 aromatic rings. The summed E-state index contributed by atoms with van der Waals surface area (Å²) in [5.74, 6) is 1.22. The number of aromatic nitrogens is 1. The van der Waals surface area contributed by atoms with Gasteiger partial charge in [0.2, 0.25) is 0 Å². The highest BCUT2D eigenvalue weighted by Gasteiger charge is 2.41. The summed E-state index contributed by atoms with van der Waals surface area (Å²) in [6, 6.07) is 11.1. The van der Waals surface area contributed by atoms with Crippen molar-refractivity contribution < 1.29 is 0 Å². The maximum absolute atomic E-state index is 4.60. The quantitative estimate of drug-likeness (QED) is 0.760. The number of hydrogen-bond acceptors (Lipinski definition) is 1. The molecule has 1 aromatic carbocycles. The van der Waals surface area contributed by atoms with Gasteiger partial charge in [0.1, 0.15) is 0 Å². The number of allylic oxidation sites excluding steroid dienone is 2. The van der Waals surface area contributed by atoms with Gasteiger partial charge in [0.05, 0.1) is 0 Å². The number of aryl methyl sites for hydroxylation is 2.